The molecule has 0 aliphatic heterocycles. The summed E-state index contributed by atoms with van der Waals surface area (Å²) in [6.45, 7) is 0. The van der Waals surface area contributed by atoms with E-state index >= 15 is 0 Å². The minimum atomic E-state index is -0.767. The molecule has 0 fully saturated rings. The van der Waals surface area contributed by atoms with Gasteiger partial charge in [0.1, 0.15) is 17.4 Å². The number of halogens is 3. The molecule has 1 aromatic rings. The molecule has 1 aromatic carbocycles. The van der Waals surface area contributed by atoms with Crippen LogP contribution in [-0.2, 0) is 0 Å². The van der Waals surface area contributed by atoms with Crippen molar-refractivity contribution in [2.24, 2.45) is 0 Å². The molecule has 0 saturated carbocycles. The van der Waals surface area contributed by atoms with E-state index in [0.29, 0.717) is 0 Å². The molecule has 0 amide bonds. The van der Waals surface area contributed by atoms with Crippen LogP contribution in [0, 0.1) is 26.5 Å². The molecule has 0 atom stereocenters. The van der Waals surface area contributed by atoms with Crippen molar-refractivity contribution < 1.29 is 8.78 Å². The molecule has 0 aliphatic carbocycles. The van der Waals surface area contributed by atoms with Gasteiger partial charge in [-0.25, -0.2) is 8.78 Å². The van der Waals surface area contributed by atoms with Crippen molar-refractivity contribution in [2.75, 3.05) is 5.73 Å². The molecule has 0 bridgehead atoms. The van der Waals surface area contributed by atoms with Crippen LogP contribution in [0.4, 0.5) is 14.5 Å². The SMILES string of the molecule is N#Cc1c(N)c(F)cc(I)c1F. The van der Waals surface area contributed by atoms with Crippen LogP contribution in [-0.4, -0.2) is 0 Å². The van der Waals surface area contributed by atoms with Gasteiger partial charge in [-0.2, -0.15) is 5.26 Å². The number of hydrogen-bond donors (Lipinski definition) is 1. The third-order valence-corrected chi connectivity index (χ3v) is 2.11. The van der Waals surface area contributed by atoms with E-state index < -0.39 is 22.9 Å². The van der Waals surface area contributed by atoms with E-state index in [2.05, 4.69) is 0 Å². The van der Waals surface area contributed by atoms with E-state index in [4.69, 9.17) is 11.0 Å². The first-order chi connectivity index (χ1) is 5.57. The molecule has 0 heterocycles. The lowest BCUT2D eigenvalue weighted by atomic mass is 10.2. The summed E-state index contributed by atoms with van der Waals surface area (Å²) in [5, 5.41) is 8.41. The van der Waals surface area contributed by atoms with Gasteiger partial charge in [0.15, 0.2) is 5.82 Å². The van der Waals surface area contributed by atoms with Gasteiger partial charge in [-0.05, 0) is 28.7 Å². The Morgan fingerprint density at radius 2 is 2.08 bits per heavy atom. The number of nitrogens with two attached hydrogens (primary N) is 1. The minimum Gasteiger partial charge on any atom is -0.395 e. The fraction of sp³-hybridized carbons (Fsp3) is 0. The largest absolute Gasteiger partial charge is 0.395 e. The monoisotopic (exact) mass is 280 g/mol. The second-order valence-electron chi connectivity index (χ2n) is 2.05. The van der Waals surface area contributed by atoms with Crippen molar-refractivity contribution in [1.82, 2.24) is 0 Å². The van der Waals surface area contributed by atoms with E-state index in [-0.39, 0.29) is 3.57 Å². The quantitative estimate of drug-likeness (QED) is 0.449. The van der Waals surface area contributed by atoms with Gasteiger partial charge in [-0.3, -0.25) is 0 Å². The summed E-state index contributed by atoms with van der Waals surface area (Å²) >= 11 is 1.59. The van der Waals surface area contributed by atoms with Crippen molar-refractivity contribution in [2.45, 2.75) is 0 Å². The Morgan fingerprint density at radius 3 is 2.58 bits per heavy atom. The number of nitriles is 1. The smallest absolute Gasteiger partial charge is 0.156 e. The number of rotatable bonds is 0. The Morgan fingerprint density at radius 1 is 1.50 bits per heavy atom. The molecule has 62 valence electrons. The van der Waals surface area contributed by atoms with Crippen molar-refractivity contribution >= 4 is 28.3 Å². The highest BCUT2D eigenvalue weighted by Crippen LogP contribution is 2.23. The van der Waals surface area contributed by atoms with Gasteiger partial charge < -0.3 is 5.73 Å². The lowest BCUT2D eigenvalue weighted by Crippen LogP contribution is -2.00. The van der Waals surface area contributed by atoms with E-state index in [0.717, 1.165) is 6.07 Å². The highest BCUT2D eigenvalue weighted by Gasteiger charge is 2.14. The van der Waals surface area contributed by atoms with Crippen molar-refractivity contribution in [3.8, 4) is 6.07 Å². The molecule has 0 aromatic heterocycles. The molecule has 0 radical (unpaired) electrons. The molecule has 0 unspecified atom stereocenters. The second kappa shape index (κ2) is 3.23. The third kappa shape index (κ3) is 1.34. The van der Waals surface area contributed by atoms with E-state index in [1.165, 1.54) is 6.07 Å². The van der Waals surface area contributed by atoms with Gasteiger partial charge in [0.25, 0.3) is 0 Å². The fourth-order valence-electron chi connectivity index (χ4n) is 0.719. The van der Waals surface area contributed by atoms with Gasteiger partial charge >= 0.3 is 0 Å². The number of nitrogens with zero attached hydrogens (tertiary/aromatic N) is 1. The van der Waals surface area contributed by atoms with Crippen LogP contribution in [0.3, 0.4) is 0 Å². The molecule has 0 saturated heterocycles. The number of nitrogen functional groups attached to an aromatic ring is 1. The molecule has 2 nitrogen and oxygen atoms in total. The van der Waals surface area contributed by atoms with Gasteiger partial charge in [-0.15, -0.1) is 0 Å². The first kappa shape index (κ1) is 9.19. The van der Waals surface area contributed by atoms with Crippen molar-refractivity contribution in [3.63, 3.8) is 0 Å². The van der Waals surface area contributed by atoms with Crippen molar-refractivity contribution in [3.05, 3.63) is 26.8 Å². The number of benzene rings is 1. The first-order valence-electron chi connectivity index (χ1n) is 2.91. The lowest BCUT2D eigenvalue weighted by Gasteiger charge is -2.01. The first-order valence-corrected chi connectivity index (χ1v) is 3.99. The van der Waals surface area contributed by atoms with Crippen LogP contribution < -0.4 is 5.73 Å². The molecule has 2 N–H and O–H groups in total. The molecular weight excluding hydrogens is 277 g/mol. The second-order valence-corrected chi connectivity index (χ2v) is 3.22. The zero-order chi connectivity index (χ0) is 9.30. The third-order valence-electron chi connectivity index (χ3n) is 1.32. The maximum Gasteiger partial charge on any atom is 0.156 e. The van der Waals surface area contributed by atoms with Crippen molar-refractivity contribution in [1.29, 1.82) is 5.26 Å². The molecule has 12 heavy (non-hydrogen) atoms. The Balaban J connectivity index is 3.56. The maximum absolute atomic E-state index is 13.0. The highest BCUT2D eigenvalue weighted by atomic mass is 127. The molecule has 0 spiro atoms. The van der Waals surface area contributed by atoms with Gasteiger partial charge in [0.2, 0.25) is 0 Å². The predicted octanol–water partition coefficient (Wildman–Crippen LogP) is 2.02. The normalized spacial score (nSPS) is 9.50. The van der Waals surface area contributed by atoms with Gasteiger partial charge in [0, 0.05) is 0 Å². The fourth-order valence-corrected chi connectivity index (χ4v) is 1.26. The van der Waals surface area contributed by atoms with Crippen LogP contribution in [0.1, 0.15) is 5.56 Å². The Hall–Kier alpha value is -0.900. The van der Waals surface area contributed by atoms with E-state index in [1.807, 2.05) is 0 Å². The minimum absolute atomic E-state index is 0.0517. The predicted molar refractivity (Wildman–Crippen MR) is 48.2 cm³/mol. The molecule has 5 heteroatoms. The molecular formula is C7H3F2IN2. The standard InChI is InChI=1S/C7H3F2IN2/c8-4-1-5(10)6(9)3(2-11)7(4)12/h1H,12H2. The summed E-state index contributed by atoms with van der Waals surface area (Å²) in [4.78, 5) is 0. The summed E-state index contributed by atoms with van der Waals surface area (Å²) in [7, 11) is 0. The van der Waals surface area contributed by atoms with Crippen LogP contribution in [0.5, 0.6) is 0 Å². The summed E-state index contributed by atoms with van der Waals surface area (Å²) in [6.07, 6.45) is 0. The lowest BCUT2D eigenvalue weighted by molar-refractivity contribution is 0.594. The summed E-state index contributed by atoms with van der Waals surface area (Å²) in [5.74, 6) is -1.53. The Labute approximate surface area is 81.1 Å². The topological polar surface area (TPSA) is 49.8 Å². The zero-order valence-corrected chi connectivity index (χ0v) is 7.89. The summed E-state index contributed by atoms with van der Waals surface area (Å²) < 4.78 is 25.8. The number of hydrogen-bond acceptors (Lipinski definition) is 2. The zero-order valence-electron chi connectivity index (χ0n) is 5.74. The van der Waals surface area contributed by atoms with Crippen LogP contribution in [0.2, 0.25) is 0 Å². The van der Waals surface area contributed by atoms with E-state index in [9.17, 15) is 8.78 Å². The average Bonchev–Trinajstić information content (AvgIpc) is 2.02. The number of anilines is 1. The molecule has 1 rings (SSSR count). The van der Waals surface area contributed by atoms with Crippen LogP contribution in [0.15, 0.2) is 6.07 Å². The van der Waals surface area contributed by atoms with Gasteiger partial charge in [0.05, 0.1) is 9.26 Å². The van der Waals surface area contributed by atoms with E-state index in [1.54, 1.807) is 22.6 Å². The molecule has 0 aliphatic rings. The highest BCUT2D eigenvalue weighted by molar-refractivity contribution is 14.1. The van der Waals surface area contributed by atoms with Gasteiger partial charge in [-0.1, -0.05) is 0 Å². The summed E-state index contributed by atoms with van der Waals surface area (Å²) in [5.41, 5.74) is 4.26. The Kier molecular flexibility index (Phi) is 2.47. The van der Waals surface area contributed by atoms with Crippen LogP contribution in [0.25, 0.3) is 0 Å². The Bertz CT molecular complexity index is 344. The average molecular weight is 280 g/mol. The summed E-state index contributed by atoms with van der Waals surface area (Å²) in [6, 6.07) is 2.45. The maximum atomic E-state index is 13.0. The van der Waals surface area contributed by atoms with Crippen LogP contribution >= 0.6 is 22.6 Å².